The Morgan fingerprint density at radius 3 is 2.58 bits per heavy atom. The quantitative estimate of drug-likeness (QED) is 0.644. The molecule has 6 heteroatoms. The Morgan fingerprint density at radius 2 is 2.00 bits per heavy atom. The first-order chi connectivity index (χ1) is 8.97. The van der Waals surface area contributed by atoms with Crippen LogP contribution in [0.2, 0.25) is 5.02 Å². The van der Waals surface area contributed by atoms with E-state index in [4.69, 9.17) is 27.5 Å². The smallest absolute Gasteiger partial charge is 0.141 e. The van der Waals surface area contributed by atoms with Gasteiger partial charge in [0.1, 0.15) is 23.2 Å². The van der Waals surface area contributed by atoms with Crippen molar-refractivity contribution in [3.05, 3.63) is 57.3 Å². The van der Waals surface area contributed by atoms with Gasteiger partial charge in [0.25, 0.3) is 0 Å². The Bertz CT molecular complexity index is 649. The van der Waals surface area contributed by atoms with E-state index in [2.05, 4.69) is 15.9 Å². The zero-order chi connectivity index (χ0) is 14.0. The van der Waals surface area contributed by atoms with Crippen LogP contribution in [0, 0.1) is 11.2 Å². The Kier molecular flexibility index (Phi) is 4.07. The Morgan fingerprint density at radius 1 is 1.26 bits per heavy atom. The first-order valence-electron chi connectivity index (χ1n) is 5.24. The van der Waals surface area contributed by atoms with Crippen molar-refractivity contribution < 1.29 is 9.13 Å². The highest BCUT2D eigenvalue weighted by atomic mass is 79.9. The molecule has 0 heterocycles. The van der Waals surface area contributed by atoms with E-state index in [0.29, 0.717) is 26.6 Å². The topological polar surface area (TPSA) is 59.1 Å². The normalized spacial score (nSPS) is 10.3. The lowest BCUT2D eigenvalue weighted by atomic mass is 10.2. The van der Waals surface area contributed by atoms with Gasteiger partial charge in [0.05, 0.1) is 9.50 Å². The monoisotopic (exact) mass is 342 g/mol. The number of benzene rings is 2. The van der Waals surface area contributed by atoms with Gasteiger partial charge in [-0.05, 0) is 46.3 Å². The van der Waals surface area contributed by atoms with Crippen LogP contribution in [0.4, 0.5) is 4.39 Å². The average molecular weight is 344 g/mol. The molecular weight excluding hydrogens is 335 g/mol. The van der Waals surface area contributed by atoms with E-state index in [1.165, 1.54) is 18.2 Å². The number of amidine groups is 1. The van der Waals surface area contributed by atoms with Crippen molar-refractivity contribution >= 4 is 33.4 Å². The van der Waals surface area contributed by atoms with E-state index in [1.54, 1.807) is 18.2 Å². The molecule has 0 spiro atoms. The number of hydrogen-bond acceptors (Lipinski definition) is 2. The second-order valence-corrected chi connectivity index (χ2v) is 4.99. The van der Waals surface area contributed by atoms with Crippen LogP contribution >= 0.6 is 27.5 Å². The zero-order valence-electron chi connectivity index (χ0n) is 9.58. The van der Waals surface area contributed by atoms with Crippen molar-refractivity contribution in [3.63, 3.8) is 0 Å². The highest BCUT2D eigenvalue weighted by Crippen LogP contribution is 2.32. The van der Waals surface area contributed by atoms with Gasteiger partial charge >= 0.3 is 0 Å². The molecule has 19 heavy (non-hydrogen) atoms. The summed E-state index contributed by atoms with van der Waals surface area (Å²) in [5, 5.41) is 7.65. The molecule has 0 bridgehead atoms. The highest BCUT2D eigenvalue weighted by molar-refractivity contribution is 9.10. The lowest BCUT2D eigenvalue weighted by Gasteiger charge is -2.09. The Labute approximate surface area is 122 Å². The number of nitrogens with one attached hydrogen (secondary N) is 1. The summed E-state index contributed by atoms with van der Waals surface area (Å²) in [6, 6.07) is 8.89. The second-order valence-electron chi connectivity index (χ2n) is 3.73. The van der Waals surface area contributed by atoms with Crippen LogP contribution < -0.4 is 10.5 Å². The zero-order valence-corrected chi connectivity index (χ0v) is 11.9. The van der Waals surface area contributed by atoms with Crippen LogP contribution in [0.5, 0.6) is 11.5 Å². The molecule has 0 aromatic heterocycles. The first-order valence-corrected chi connectivity index (χ1v) is 6.41. The molecule has 0 saturated carbocycles. The third-order valence-electron chi connectivity index (χ3n) is 2.35. The maximum absolute atomic E-state index is 12.9. The molecule has 3 nitrogen and oxygen atoms in total. The summed E-state index contributed by atoms with van der Waals surface area (Å²) in [7, 11) is 0. The van der Waals surface area contributed by atoms with Crippen molar-refractivity contribution in [3.8, 4) is 11.5 Å². The van der Waals surface area contributed by atoms with Crippen molar-refractivity contribution in [1.82, 2.24) is 0 Å². The van der Waals surface area contributed by atoms with Gasteiger partial charge < -0.3 is 10.5 Å². The van der Waals surface area contributed by atoms with Crippen molar-refractivity contribution in [2.75, 3.05) is 0 Å². The first kappa shape index (κ1) is 13.8. The lowest BCUT2D eigenvalue weighted by molar-refractivity contribution is 0.477. The molecule has 0 radical (unpaired) electrons. The molecule has 3 N–H and O–H groups in total. The van der Waals surface area contributed by atoms with Crippen LogP contribution in [0.25, 0.3) is 0 Å². The van der Waals surface area contributed by atoms with Crippen LogP contribution in [0.1, 0.15) is 5.56 Å². The summed E-state index contributed by atoms with van der Waals surface area (Å²) in [4.78, 5) is 0. The minimum absolute atomic E-state index is 0.112. The summed E-state index contributed by atoms with van der Waals surface area (Å²) in [6.07, 6.45) is 0. The number of hydrogen-bond donors (Lipinski definition) is 2. The number of rotatable bonds is 3. The van der Waals surface area contributed by atoms with Crippen LogP contribution in [0.15, 0.2) is 40.9 Å². The predicted octanol–water partition coefficient (Wildman–Crippen LogP) is 4.32. The predicted molar refractivity (Wildman–Crippen MR) is 76.6 cm³/mol. The van der Waals surface area contributed by atoms with Gasteiger partial charge in [-0.2, -0.15) is 0 Å². The second kappa shape index (κ2) is 5.59. The van der Waals surface area contributed by atoms with Crippen LogP contribution in [0.3, 0.4) is 0 Å². The number of nitrogen functional groups attached to an aromatic ring is 1. The standard InChI is InChI=1S/C13H9BrClFN2O/c14-10-5-7(16)1-4-12(10)19-8-2-3-9(13(17)18)11(15)6-8/h1-6H,(H3,17,18). The molecule has 2 aromatic rings. The highest BCUT2D eigenvalue weighted by Gasteiger charge is 2.08. The van der Waals surface area contributed by atoms with E-state index >= 15 is 0 Å². The molecule has 2 aromatic carbocycles. The molecular formula is C13H9BrClFN2O. The largest absolute Gasteiger partial charge is 0.456 e. The van der Waals surface area contributed by atoms with Gasteiger partial charge in [0.15, 0.2) is 0 Å². The Hall–Kier alpha value is -1.59. The summed E-state index contributed by atoms with van der Waals surface area (Å²) in [5.74, 6) is 0.471. The fourth-order valence-electron chi connectivity index (χ4n) is 1.46. The molecule has 0 amide bonds. The van der Waals surface area contributed by atoms with Crippen LogP contribution in [-0.2, 0) is 0 Å². The summed E-state index contributed by atoms with van der Waals surface area (Å²) >= 11 is 9.19. The van der Waals surface area contributed by atoms with Gasteiger partial charge in [-0.15, -0.1) is 0 Å². The van der Waals surface area contributed by atoms with E-state index < -0.39 is 0 Å². The number of nitrogens with two attached hydrogens (primary N) is 1. The van der Waals surface area contributed by atoms with E-state index in [9.17, 15) is 4.39 Å². The molecule has 98 valence electrons. The van der Waals surface area contributed by atoms with Gasteiger partial charge in [0.2, 0.25) is 0 Å². The van der Waals surface area contributed by atoms with Crippen LogP contribution in [-0.4, -0.2) is 5.84 Å². The molecule has 0 atom stereocenters. The Balaban J connectivity index is 2.29. The van der Waals surface area contributed by atoms with Gasteiger partial charge in [-0.3, -0.25) is 5.41 Å². The van der Waals surface area contributed by atoms with Crippen molar-refractivity contribution in [1.29, 1.82) is 5.41 Å². The molecule has 0 aliphatic carbocycles. The average Bonchev–Trinajstić information content (AvgIpc) is 2.32. The number of halogens is 3. The maximum atomic E-state index is 12.9. The molecule has 0 unspecified atom stereocenters. The van der Waals surface area contributed by atoms with Gasteiger partial charge in [-0.25, -0.2) is 4.39 Å². The molecule has 0 fully saturated rings. The minimum atomic E-state index is -0.357. The number of ether oxygens (including phenoxy) is 1. The summed E-state index contributed by atoms with van der Waals surface area (Å²) in [5.41, 5.74) is 5.80. The molecule has 0 aliphatic rings. The molecule has 0 aliphatic heterocycles. The van der Waals surface area contributed by atoms with Crippen molar-refractivity contribution in [2.45, 2.75) is 0 Å². The third kappa shape index (κ3) is 3.24. The SMILES string of the molecule is N=C(N)c1ccc(Oc2ccc(F)cc2Br)cc1Cl. The fraction of sp³-hybridized carbons (Fsp3) is 0. The summed E-state index contributed by atoms with van der Waals surface area (Å²) < 4.78 is 19.0. The van der Waals surface area contributed by atoms with Gasteiger partial charge in [-0.1, -0.05) is 11.6 Å². The van der Waals surface area contributed by atoms with Crippen molar-refractivity contribution in [2.24, 2.45) is 5.73 Å². The fourth-order valence-corrected chi connectivity index (χ4v) is 2.17. The van der Waals surface area contributed by atoms with E-state index in [1.807, 2.05) is 0 Å². The third-order valence-corrected chi connectivity index (χ3v) is 3.28. The minimum Gasteiger partial charge on any atom is -0.456 e. The summed E-state index contributed by atoms with van der Waals surface area (Å²) in [6.45, 7) is 0. The van der Waals surface area contributed by atoms with Gasteiger partial charge in [0, 0.05) is 11.6 Å². The maximum Gasteiger partial charge on any atom is 0.141 e. The lowest BCUT2D eigenvalue weighted by Crippen LogP contribution is -2.11. The molecule has 2 rings (SSSR count). The molecule has 0 saturated heterocycles. The van der Waals surface area contributed by atoms with E-state index in [-0.39, 0.29) is 11.7 Å². The van der Waals surface area contributed by atoms with E-state index in [0.717, 1.165) is 0 Å².